The highest BCUT2D eigenvalue weighted by Crippen LogP contribution is 2.31. The third kappa shape index (κ3) is 16.7. The molecule has 0 saturated heterocycles. The summed E-state index contributed by atoms with van der Waals surface area (Å²) in [5, 5.41) is 0. The Balaban J connectivity index is 1.49. The molecule has 1 heterocycles. The molecule has 0 N–H and O–H groups in total. The van der Waals surface area contributed by atoms with Gasteiger partial charge in [-0.2, -0.15) is 0 Å². The van der Waals surface area contributed by atoms with Gasteiger partial charge in [0, 0.05) is 42.2 Å². The lowest BCUT2D eigenvalue weighted by atomic mass is 10.1. The Labute approximate surface area is 256 Å². The number of aromatic nitrogens is 2. The molecule has 2 rings (SSSR count). The molecule has 41 heavy (non-hydrogen) atoms. The Morgan fingerprint density at radius 1 is 0.561 bits per heavy atom. The molecule has 0 aliphatic carbocycles. The first kappa shape index (κ1) is 35.7. The van der Waals surface area contributed by atoms with Crippen LogP contribution in [0.3, 0.4) is 0 Å². The van der Waals surface area contributed by atoms with Crippen molar-refractivity contribution in [2.45, 2.75) is 141 Å². The number of nitrogens with zero attached hydrogens (tertiary/aromatic N) is 2. The van der Waals surface area contributed by atoms with Gasteiger partial charge in [0.1, 0.15) is 5.75 Å². The molecule has 0 aliphatic rings. The summed E-state index contributed by atoms with van der Waals surface area (Å²) in [5.41, 5.74) is 5.32. The first-order chi connectivity index (χ1) is 19.4. The number of unbranched alkanes of at least 4 members (excludes halogenated alkanes) is 9. The van der Waals surface area contributed by atoms with E-state index in [1.165, 1.54) is 51.4 Å². The molecule has 1 aromatic heterocycles. The van der Waals surface area contributed by atoms with Gasteiger partial charge in [0.2, 0.25) is 0 Å². The van der Waals surface area contributed by atoms with E-state index in [1.54, 1.807) is 17.4 Å². The van der Waals surface area contributed by atoms with Crippen molar-refractivity contribution >= 4 is 24.2 Å². The van der Waals surface area contributed by atoms with E-state index in [0.29, 0.717) is 12.6 Å². The van der Waals surface area contributed by atoms with Gasteiger partial charge in [-0.1, -0.05) is 140 Å². The fraction of sp³-hybridized carbons (Fsp3) is 0.706. The van der Waals surface area contributed by atoms with E-state index in [2.05, 4.69) is 74.9 Å². The van der Waals surface area contributed by atoms with Gasteiger partial charge >= 0.3 is 6.01 Å². The fourth-order valence-corrected chi connectivity index (χ4v) is 32.0. The Hall–Kier alpha value is -1.45. The number of hydrogen-bond acceptors (Lipinski definition) is 4. The second kappa shape index (κ2) is 18.3. The van der Waals surface area contributed by atoms with Crippen LogP contribution in [-0.2, 0) is 0 Å². The molecule has 232 valence electrons. The molecular weight excluding hydrogens is 553 g/mol. The lowest BCUT2D eigenvalue weighted by Crippen LogP contribution is -2.44. The average Bonchev–Trinajstić information content (AvgIpc) is 2.88. The van der Waals surface area contributed by atoms with Gasteiger partial charge in [-0.15, -0.1) is 0 Å². The lowest BCUT2D eigenvalue weighted by Gasteiger charge is -2.36. The summed E-state index contributed by atoms with van der Waals surface area (Å²) in [6, 6.07) is 10.2. The van der Waals surface area contributed by atoms with Crippen molar-refractivity contribution in [1.82, 2.24) is 9.97 Å². The Bertz CT molecular complexity index is 957. The maximum Gasteiger partial charge on any atom is 0.316 e. The third-order valence-corrected chi connectivity index (χ3v) is 25.2. The Morgan fingerprint density at radius 3 is 1.66 bits per heavy atom. The van der Waals surface area contributed by atoms with Gasteiger partial charge < -0.3 is 9.47 Å². The topological polar surface area (TPSA) is 44.2 Å². The Morgan fingerprint density at radius 2 is 1.10 bits per heavy atom. The fourth-order valence-electron chi connectivity index (χ4n) is 6.61. The predicted molar refractivity (Wildman–Crippen MR) is 188 cm³/mol. The van der Waals surface area contributed by atoms with Gasteiger partial charge in [0.25, 0.3) is 0 Å². The maximum absolute atomic E-state index is 5.79. The highest BCUT2D eigenvalue weighted by atomic mass is 28.4. The van der Waals surface area contributed by atoms with E-state index in [4.69, 9.17) is 9.47 Å². The predicted octanol–water partition coefficient (Wildman–Crippen LogP) is 11.0. The average molecular weight is 615 g/mol. The van der Waals surface area contributed by atoms with Crippen molar-refractivity contribution in [2.24, 2.45) is 0 Å². The molecule has 2 aromatic rings. The van der Waals surface area contributed by atoms with Crippen molar-refractivity contribution in [3.8, 4) is 22.9 Å². The highest BCUT2D eigenvalue weighted by molar-refractivity contribution is 7.02. The first-order valence-electron chi connectivity index (χ1n) is 16.6. The van der Waals surface area contributed by atoms with Crippen LogP contribution >= 0.6 is 0 Å². The molecule has 4 nitrogen and oxygen atoms in total. The number of ether oxygens (including phenoxy) is 2. The quantitative estimate of drug-likeness (QED) is 0.0977. The third-order valence-electron chi connectivity index (χ3n) is 7.78. The molecule has 0 bridgehead atoms. The van der Waals surface area contributed by atoms with Crippen LogP contribution in [0.1, 0.15) is 77.6 Å². The zero-order valence-corrected chi connectivity index (χ0v) is 31.0. The monoisotopic (exact) mass is 614 g/mol. The highest BCUT2D eigenvalue weighted by Gasteiger charge is 2.34. The minimum Gasteiger partial charge on any atom is -0.494 e. The summed E-state index contributed by atoms with van der Waals surface area (Å²) in [5.74, 6) is 0.910. The number of benzene rings is 1. The largest absolute Gasteiger partial charge is 0.494 e. The van der Waals surface area contributed by atoms with Crippen LogP contribution in [0.25, 0.3) is 11.1 Å². The van der Waals surface area contributed by atoms with E-state index in [0.717, 1.165) is 42.7 Å². The second-order valence-electron chi connectivity index (χ2n) is 15.0. The van der Waals surface area contributed by atoms with Crippen molar-refractivity contribution in [1.29, 1.82) is 0 Å². The standard InChI is InChI=1S/C34H62N2O2Si3/c1-9-10-24-37-33-22-20-31(21-23-33)32-27-35-34(36-28-32)38-25-18-16-14-12-11-13-15-17-19-26-40(5,6)30-41(7,8)29-39(2,3)4/h20-23,27-28H,9-19,24-26,29-30H2,1-8H3. The van der Waals surface area contributed by atoms with Crippen molar-refractivity contribution < 1.29 is 9.47 Å². The molecule has 0 amide bonds. The number of hydrogen-bond donors (Lipinski definition) is 0. The molecule has 0 aliphatic heterocycles. The Kier molecular flexibility index (Phi) is 15.9. The minimum atomic E-state index is -1.02. The molecule has 0 unspecified atom stereocenters. The molecule has 0 radical (unpaired) electrons. The van der Waals surface area contributed by atoms with Gasteiger partial charge in [0.05, 0.1) is 13.2 Å². The van der Waals surface area contributed by atoms with Crippen LogP contribution in [0.5, 0.6) is 11.8 Å². The van der Waals surface area contributed by atoms with E-state index in [1.807, 2.05) is 24.5 Å². The minimum absolute atomic E-state index is 0.474. The van der Waals surface area contributed by atoms with E-state index in [9.17, 15) is 0 Å². The normalized spacial score (nSPS) is 12.5. The molecule has 0 saturated carbocycles. The smallest absolute Gasteiger partial charge is 0.316 e. The number of rotatable bonds is 22. The van der Waals surface area contributed by atoms with Crippen molar-refractivity contribution in [3.05, 3.63) is 36.7 Å². The van der Waals surface area contributed by atoms with Gasteiger partial charge in [-0.25, -0.2) is 9.97 Å². The van der Waals surface area contributed by atoms with Crippen LogP contribution < -0.4 is 9.47 Å². The summed E-state index contributed by atoms with van der Waals surface area (Å²) in [4.78, 5) is 8.82. The van der Waals surface area contributed by atoms with E-state index >= 15 is 0 Å². The van der Waals surface area contributed by atoms with Gasteiger partial charge in [-0.3, -0.25) is 0 Å². The van der Waals surface area contributed by atoms with Crippen LogP contribution in [-0.4, -0.2) is 47.4 Å². The molecular formula is C34H62N2O2Si3. The van der Waals surface area contributed by atoms with Crippen LogP contribution in [0.4, 0.5) is 0 Å². The summed E-state index contributed by atoms with van der Waals surface area (Å²) in [7, 11) is -2.96. The lowest BCUT2D eigenvalue weighted by molar-refractivity contribution is 0.281. The summed E-state index contributed by atoms with van der Waals surface area (Å²) < 4.78 is 11.5. The molecule has 1 aromatic carbocycles. The van der Waals surface area contributed by atoms with E-state index in [-0.39, 0.29) is 0 Å². The molecule has 0 spiro atoms. The SMILES string of the molecule is CCCCOc1ccc(-c2cnc(OCCCCCCCCCCC[Si](C)(C)C[Si](C)(C)C[Si](C)(C)C)nc2)cc1. The van der Waals surface area contributed by atoms with Gasteiger partial charge in [0.15, 0.2) is 0 Å². The summed E-state index contributed by atoms with van der Waals surface area (Å²) in [6.07, 6.45) is 18.0. The molecule has 7 heteroatoms. The molecule has 0 fully saturated rings. The van der Waals surface area contributed by atoms with Crippen LogP contribution in [0.2, 0.25) is 63.2 Å². The zero-order chi connectivity index (χ0) is 30.2. The van der Waals surface area contributed by atoms with Crippen LogP contribution in [0, 0.1) is 0 Å². The zero-order valence-electron chi connectivity index (χ0n) is 28.0. The summed E-state index contributed by atoms with van der Waals surface area (Å²) >= 11 is 0. The summed E-state index contributed by atoms with van der Waals surface area (Å²) in [6.45, 7) is 22.0. The van der Waals surface area contributed by atoms with Crippen molar-refractivity contribution in [3.63, 3.8) is 0 Å². The van der Waals surface area contributed by atoms with Gasteiger partial charge in [-0.05, 0) is 30.5 Å². The van der Waals surface area contributed by atoms with Crippen LogP contribution in [0.15, 0.2) is 36.7 Å². The molecule has 0 atom stereocenters. The maximum atomic E-state index is 5.79. The second-order valence-corrected chi connectivity index (χ2v) is 32.1. The van der Waals surface area contributed by atoms with E-state index < -0.39 is 24.2 Å². The van der Waals surface area contributed by atoms with Crippen molar-refractivity contribution in [2.75, 3.05) is 13.2 Å². The first-order valence-corrected chi connectivity index (χ1v) is 27.1.